The monoisotopic (exact) mass is 328 g/mol. The van der Waals surface area contributed by atoms with E-state index in [2.05, 4.69) is 6.07 Å². The van der Waals surface area contributed by atoms with Crippen molar-refractivity contribution in [3.63, 3.8) is 0 Å². The van der Waals surface area contributed by atoms with E-state index >= 15 is 0 Å². The Morgan fingerprint density at radius 1 is 1.33 bits per heavy atom. The Labute approximate surface area is 142 Å². The molecule has 0 spiro atoms. The molecule has 1 aromatic carbocycles. The van der Waals surface area contributed by atoms with Gasteiger partial charge < -0.3 is 18.9 Å². The maximum absolute atomic E-state index is 13.1. The average molecular weight is 328 g/mol. The van der Waals surface area contributed by atoms with E-state index in [9.17, 15) is 4.79 Å². The summed E-state index contributed by atoms with van der Waals surface area (Å²) >= 11 is 0. The third-order valence-electron chi connectivity index (χ3n) is 5.55. The Kier molecular flexibility index (Phi) is 4.06. The molecule has 0 bridgehead atoms. The fourth-order valence-corrected chi connectivity index (χ4v) is 4.21. The molecular formula is C19H24N2O3. The zero-order valence-electron chi connectivity index (χ0n) is 14.3. The van der Waals surface area contributed by atoms with Gasteiger partial charge >= 0.3 is 0 Å². The van der Waals surface area contributed by atoms with Crippen LogP contribution in [0.3, 0.4) is 0 Å². The second-order valence-electron chi connectivity index (χ2n) is 6.96. The van der Waals surface area contributed by atoms with Gasteiger partial charge in [-0.3, -0.25) is 4.79 Å². The third-order valence-corrected chi connectivity index (χ3v) is 5.55. The van der Waals surface area contributed by atoms with E-state index in [1.807, 2.05) is 40.9 Å². The molecule has 2 fully saturated rings. The van der Waals surface area contributed by atoms with Crippen molar-refractivity contribution in [1.82, 2.24) is 9.47 Å². The Morgan fingerprint density at radius 3 is 3.00 bits per heavy atom. The van der Waals surface area contributed by atoms with Crippen LogP contribution in [0.4, 0.5) is 0 Å². The zero-order valence-corrected chi connectivity index (χ0v) is 14.3. The largest absolute Gasteiger partial charge is 0.385 e. The van der Waals surface area contributed by atoms with Crippen LogP contribution < -0.4 is 0 Å². The fraction of sp³-hybridized carbons (Fsp3) is 0.526. The topological polar surface area (TPSA) is 43.7 Å². The average Bonchev–Trinajstić information content (AvgIpc) is 3.26. The van der Waals surface area contributed by atoms with Crippen molar-refractivity contribution in [1.29, 1.82) is 0 Å². The standard InChI is InChI=1S/C19H24N2O3/c1-20-9-16(14-5-3-4-6-17(14)20)19(22)21-10-15-13(7-8-23-2)12-24-18(15)11-21/h3-6,9,13,15,18H,7-8,10-12H2,1-2H3/t13-,15-,18-/m0/s1. The summed E-state index contributed by atoms with van der Waals surface area (Å²) in [6.07, 6.45) is 3.14. The highest BCUT2D eigenvalue weighted by molar-refractivity contribution is 6.07. The van der Waals surface area contributed by atoms with Gasteiger partial charge in [-0.15, -0.1) is 0 Å². The first-order chi connectivity index (χ1) is 11.7. The molecule has 2 aromatic rings. The number of carbonyl (C=O) groups excluding carboxylic acids is 1. The second-order valence-corrected chi connectivity index (χ2v) is 6.96. The molecule has 3 atom stereocenters. The van der Waals surface area contributed by atoms with Crippen LogP contribution in [-0.4, -0.2) is 54.9 Å². The number of nitrogens with zero attached hydrogens (tertiary/aromatic N) is 2. The number of aryl methyl sites for hydroxylation is 1. The molecule has 1 amide bonds. The molecule has 1 aromatic heterocycles. The van der Waals surface area contributed by atoms with E-state index in [0.717, 1.165) is 42.6 Å². The van der Waals surface area contributed by atoms with Gasteiger partial charge in [0.15, 0.2) is 0 Å². The highest BCUT2D eigenvalue weighted by atomic mass is 16.5. The smallest absolute Gasteiger partial charge is 0.256 e. The first kappa shape index (κ1) is 15.7. The molecule has 5 heteroatoms. The van der Waals surface area contributed by atoms with Gasteiger partial charge in [-0.05, 0) is 18.4 Å². The minimum absolute atomic E-state index is 0.121. The predicted octanol–water partition coefficient (Wildman–Crippen LogP) is 2.30. The van der Waals surface area contributed by atoms with Crippen LogP contribution in [0.25, 0.3) is 10.9 Å². The van der Waals surface area contributed by atoms with Crippen LogP contribution >= 0.6 is 0 Å². The first-order valence-electron chi connectivity index (χ1n) is 8.63. The minimum atomic E-state index is 0.121. The van der Waals surface area contributed by atoms with Gasteiger partial charge in [0.25, 0.3) is 5.91 Å². The highest BCUT2D eigenvalue weighted by Crippen LogP contribution is 2.36. The molecule has 2 aliphatic heterocycles. The van der Waals surface area contributed by atoms with E-state index in [4.69, 9.17) is 9.47 Å². The first-order valence-corrected chi connectivity index (χ1v) is 8.63. The number of aromatic nitrogens is 1. The molecule has 2 aliphatic rings. The number of benzene rings is 1. The summed E-state index contributed by atoms with van der Waals surface area (Å²) < 4.78 is 13.2. The van der Waals surface area contributed by atoms with Crippen molar-refractivity contribution in [2.75, 3.05) is 33.4 Å². The maximum atomic E-state index is 13.1. The molecular weight excluding hydrogens is 304 g/mol. The second kappa shape index (κ2) is 6.22. The summed E-state index contributed by atoms with van der Waals surface area (Å²) in [7, 11) is 3.72. The Hall–Kier alpha value is -1.85. The molecule has 0 unspecified atom stereocenters. The van der Waals surface area contributed by atoms with Crippen LogP contribution in [0.1, 0.15) is 16.8 Å². The number of para-hydroxylation sites is 1. The van der Waals surface area contributed by atoms with Crippen LogP contribution in [-0.2, 0) is 16.5 Å². The highest BCUT2D eigenvalue weighted by Gasteiger charge is 2.45. The number of likely N-dealkylation sites (tertiary alicyclic amines) is 1. The molecule has 128 valence electrons. The zero-order chi connectivity index (χ0) is 16.7. The lowest BCUT2D eigenvalue weighted by Crippen LogP contribution is -2.31. The van der Waals surface area contributed by atoms with E-state index < -0.39 is 0 Å². The molecule has 0 aliphatic carbocycles. The summed E-state index contributed by atoms with van der Waals surface area (Å²) in [5.74, 6) is 1.06. The number of methoxy groups -OCH3 is 1. The number of hydrogen-bond donors (Lipinski definition) is 0. The van der Waals surface area contributed by atoms with Gasteiger partial charge in [0.05, 0.1) is 18.3 Å². The summed E-state index contributed by atoms with van der Waals surface area (Å²) in [4.78, 5) is 15.0. The lowest BCUT2D eigenvalue weighted by molar-refractivity contribution is 0.0668. The molecule has 5 nitrogen and oxygen atoms in total. The van der Waals surface area contributed by atoms with Gasteiger partial charge in [-0.2, -0.15) is 0 Å². The quantitative estimate of drug-likeness (QED) is 0.865. The lowest BCUT2D eigenvalue weighted by atomic mass is 9.91. The number of ether oxygens (including phenoxy) is 2. The van der Waals surface area contributed by atoms with Gasteiger partial charge in [0.2, 0.25) is 0 Å². The predicted molar refractivity (Wildman–Crippen MR) is 92.0 cm³/mol. The normalized spacial score (nSPS) is 26.2. The van der Waals surface area contributed by atoms with Crippen molar-refractivity contribution >= 4 is 16.8 Å². The van der Waals surface area contributed by atoms with Crippen LogP contribution in [0, 0.1) is 11.8 Å². The van der Waals surface area contributed by atoms with Crippen molar-refractivity contribution in [2.45, 2.75) is 12.5 Å². The van der Waals surface area contributed by atoms with E-state index in [1.54, 1.807) is 7.11 Å². The number of fused-ring (bicyclic) bond motifs is 2. The molecule has 0 saturated carbocycles. The number of hydrogen-bond acceptors (Lipinski definition) is 3. The van der Waals surface area contributed by atoms with Crippen LogP contribution in [0.15, 0.2) is 30.5 Å². The van der Waals surface area contributed by atoms with Crippen LogP contribution in [0.5, 0.6) is 0 Å². The minimum Gasteiger partial charge on any atom is -0.385 e. The molecule has 24 heavy (non-hydrogen) atoms. The Balaban J connectivity index is 1.54. The van der Waals surface area contributed by atoms with E-state index in [0.29, 0.717) is 18.4 Å². The van der Waals surface area contributed by atoms with E-state index in [-0.39, 0.29) is 12.0 Å². The fourth-order valence-electron chi connectivity index (χ4n) is 4.21. The van der Waals surface area contributed by atoms with Crippen molar-refractivity contribution in [2.24, 2.45) is 18.9 Å². The summed E-state index contributed by atoms with van der Waals surface area (Å²) in [5.41, 5.74) is 1.89. The van der Waals surface area contributed by atoms with Gasteiger partial charge in [-0.1, -0.05) is 18.2 Å². The summed E-state index contributed by atoms with van der Waals surface area (Å²) in [6, 6.07) is 8.07. The van der Waals surface area contributed by atoms with Gasteiger partial charge in [-0.25, -0.2) is 0 Å². The number of rotatable bonds is 4. The van der Waals surface area contributed by atoms with Crippen molar-refractivity contribution < 1.29 is 14.3 Å². The van der Waals surface area contributed by atoms with Crippen molar-refractivity contribution in [3.8, 4) is 0 Å². The lowest BCUT2D eigenvalue weighted by Gasteiger charge is -2.19. The maximum Gasteiger partial charge on any atom is 0.256 e. The number of carbonyl (C=O) groups is 1. The molecule has 0 radical (unpaired) electrons. The Morgan fingerprint density at radius 2 is 2.17 bits per heavy atom. The SMILES string of the molecule is COCC[C@H]1CO[C@H]2CN(C(=O)c3cn(C)c4ccccc34)C[C@@H]12. The van der Waals surface area contributed by atoms with Gasteiger partial charge in [0.1, 0.15) is 0 Å². The van der Waals surface area contributed by atoms with Crippen molar-refractivity contribution in [3.05, 3.63) is 36.0 Å². The van der Waals surface area contributed by atoms with Crippen LogP contribution in [0.2, 0.25) is 0 Å². The summed E-state index contributed by atoms with van der Waals surface area (Å²) in [6.45, 7) is 3.06. The number of amides is 1. The molecule has 2 saturated heterocycles. The summed E-state index contributed by atoms with van der Waals surface area (Å²) in [5, 5.41) is 1.03. The molecule has 4 rings (SSSR count). The van der Waals surface area contributed by atoms with E-state index in [1.165, 1.54) is 0 Å². The molecule has 3 heterocycles. The third kappa shape index (κ3) is 2.52. The molecule has 0 N–H and O–H groups in total. The Bertz CT molecular complexity index is 754. The van der Waals surface area contributed by atoms with Gasteiger partial charge in [0, 0.05) is 56.9 Å².